The van der Waals surface area contributed by atoms with Crippen LogP contribution in [-0.2, 0) is 10.0 Å². The number of halogens is 1. The van der Waals surface area contributed by atoms with Crippen molar-refractivity contribution < 1.29 is 12.8 Å². The molecule has 4 nitrogen and oxygen atoms in total. The summed E-state index contributed by atoms with van der Waals surface area (Å²) in [6.07, 6.45) is 2.26. The second-order valence-corrected chi connectivity index (χ2v) is 8.20. The van der Waals surface area contributed by atoms with E-state index in [0.717, 1.165) is 31.5 Å². The van der Waals surface area contributed by atoms with Gasteiger partial charge in [0.15, 0.2) is 0 Å². The molecular formula is C19H23FN2O2S. The van der Waals surface area contributed by atoms with Crippen LogP contribution in [0.5, 0.6) is 0 Å². The zero-order valence-electron chi connectivity index (χ0n) is 14.3. The summed E-state index contributed by atoms with van der Waals surface area (Å²) in [4.78, 5) is 2.41. The molecule has 6 heteroatoms. The van der Waals surface area contributed by atoms with E-state index < -0.39 is 15.8 Å². The quantitative estimate of drug-likeness (QED) is 0.858. The first-order valence-electron chi connectivity index (χ1n) is 8.52. The van der Waals surface area contributed by atoms with Crippen molar-refractivity contribution in [1.29, 1.82) is 0 Å². The van der Waals surface area contributed by atoms with Crippen molar-refractivity contribution in [2.75, 3.05) is 19.6 Å². The number of nitrogens with zero attached hydrogens (tertiary/aromatic N) is 1. The van der Waals surface area contributed by atoms with E-state index >= 15 is 0 Å². The largest absolute Gasteiger partial charge is 0.295 e. The van der Waals surface area contributed by atoms with Gasteiger partial charge in [0, 0.05) is 12.6 Å². The Morgan fingerprint density at radius 3 is 2.44 bits per heavy atom. The van der Waals surface area contributed by atoms with Gasteiger partial charge in [0.25, 0.3) is 0 Å². The fraction of sp³-hybridized carbons (Fsp3) is 0.368. The molecule has 3 rings (SSSR count). The predicted molar refractivity (Wildman–Crippen MR) is 96.3 cm³/mol. The Labute approximate surface area is 148 Å². The van der Waals surface area contributed by atoms with Crippen molar-refractivity contribution >= 4 is 10.0 Å². The molecule has 0 spiro atoms. The van der Waals surface area contributed by atoms with Crippen LogP contribution in [0.2, 0.25) is 0 Å². The molecule has 1 fully saturated rings. The van der Waals surface area contributed by atoms with E-state index in [1.54, 1.807) is 6.92 Å². The average Bonchev–Trinajstić information content (AvgIpc) is 3.12. The van der Waals surface area contributed by atoms with Gasteiger partial charge < -0.3 is 0 Å². The number of aryl methyl sites for hydroxylation is 1. The number of hydrogen-bond donors (Lipinski definition) is 1. The summed E-state index contributed by atoms with van der Waals surface area (Å²) < 4.78 is 41.3. The first kappa shape index (κ1) is 18.0. The minimum Gasteiger partial charge on any atom is -0.295 e. The van der Waals surface area contributed by atoms with E-state index in [0.29, 0.717) is 12.1 Å². The summed E-state index contributed by atoms with van der Waals surface area (Å²) >= 11 is 0. The van der Waals surface area contributed by atoms with Gasteiger partial charge in [-0.2, -0.15) is 0 Å². The lowest BCUT2D eigenvalue weighted by molar-refractivity contribution is 0.246. The second-order valence-electron chi connectivity index (χ2n) is 6.43. The molecule has 0 radical (unpaired) electrons. The van der Waals surface area contributed by atoms with Gasteiger partial charge in [0.1, 0.15) is 5.82 Å². The van der Waals surface area contributed by atoms with Gasteiger partial charge in [-0.15, -0.1) is 0 Å². The second kappa shape index (κ2) is 7.64. The van der Waals surface area contributed by atoms with E-state index in [2.05, 4.69) is 9.62 Å². The highest BCUT2D eigenvalue weighted by molar-refractivity contribution is 7.89. The summed E-state index contributed by atoms with van der Waals surface area (Å²) in [6.45, 7) is 3.79. The molecule has 1 aliphatic rings. The Hall–Kier alpha value is -1.76. The molecule has 2 aromatic rings. The van der Waals surface area contributed by atoms with Crippen LogP contribution in [0.15, 0.2) is 53.4 Å². The molecule has 2 aromatic carbocycles. The van der Waals surface area contributed by atoms with E-state index in [1.165, 1.54) is 18.2 Å². The SMILES string of the molecule is Cc1cc(S(=O)(=O)NCC(c2ccccc2)N2CCCC2)ccc1F. The summed E-state index contributed by atoms with van der Waals surface area (Å²) in [5, 5.41) is 0. The number of rotatable bonds is 6. The van der Waals surface area contributed by atoms with Gasteiger partial charge in [-0.25, -0.2) is 17.5 Å². The molecule has 1 saturated heterocycles. The lowest BCUT2D eigenvalue weighted by Gasteiger charge is -2.28. The van der Waals surface area contributed by atoms with Crippen molar-refractivity contribution in [1.82, 2.24) is 9.62 Å². The van der Waals surface area contributed by atoms with Gasteiger partial charge in [-0.05, 0) is 62.2 Å². The maximum Gasteiger partial charge on any atom is 0.240 e. The predicted octanol–water partition coefficient (Wildman–Crippen LogP) is 3.25. The Morgan fingerprint density at radius 1 is 1.12 bits per heavy atom. The van der Waals surface area contributed by atoms with Crippen molar-refractivity contribution in [2.24, 2.45) is 0 Å². The molecule has 1 N–H and O–H groups in total. The zero-order valence-corrected chi connectivity index (χ0v) is 15.1. The Bertz CT molecular complexity index is 819. The number of nitrogens with one attached hydrogen (secondary N) is 1. The molecule has 0 aliphatic carbocycles. The maximum absolute atomic E-state index is 13.4. The van der Waals surface area contributed by atoms with Crippen molar-refractivity contribution in [3.8, 4) is 0 Å². The molecule has 1 heterocycles. The van der Waals surface area contributed by atoms with Gasteiger partial charge in [-0.1, -0.05) is 30.3 Å². The van der Waals surface area contributed by atoms with E-state index in [9.17, 15) is 12.8 Å². The average molecular weight is 362 g/mol. The van der Waals surface area contributed by atoms with Crippen molar-refractivity contribution in [3.05, 3.63) is 65.5 Å². The number of hydrogen-bond acceptors (Lipinski definition) is 3. The number of benzene rings is 2. The fourth-order valence-electron chi connectivity index (χ4n) is 3.24. The lowest BCUT2D eigenvalue weighted by atomic mass is 10.1. The third-order valence-electron chi connectivity index (χ3n) is 4.67. The molecule has 25 heavy (non-hydrogen) atoms. The van der Waals surface area contributed by atoms with Crippen LogP contribution in [0.25, 0.3) is 0 Å². The molecular weight excluding hydrogens is 339 g/mol. The van der Waals surface area contributed by atoms with Gasteiger partial charge in [0.2, 0.25) is 10.0 Å². The van der Waals surface area contributed by atoms with Gasteiger partial charge in [0.05, 0.1) is 4.90 Å². The van der Waals surface area contributed by atoms with Crippen LogP contribution in [0.4, 0.5) is 4.39 Å². The van der Waals surface area contributed by atoms with E-state index in [4.69, 9.17) is 0 Å². The lowest BCUT2D eigenvalue weighted by Crippen LogP contribution is -2.36. The highest BCUT2D eigenvalue weighted by atomic mass is 32.2. The first-order chi connectivity index (χ1) is 12.0. The van der Waals surface area contributed by atoms with Crippen LogP contribution >= 0.6 is 0 Å². The molecule has 0 saturated carbocycles. The van der Waals surface area contributed by atoms with Gasteiger partial charge in [-0.3, -0.25) is 4.90 Å². The molecule has 134 valence electrons. The minimum atomic E-state index is -3.68. The highest BCUT2D eigenvalue weighted by Crippen LogP contribution is 2.25. The Morgan fingerprint density at radius 2 is 1.80 bits per heavy atom. The third kappa shape index (κ3) is 4.26. The molecule has 0 aromatic heterocycles. The first-order valence-corrected chi connectivity index (χ1v) is 10.0. The van der Waals surface area contributed by atoms with Gasteiger partial charge >= 0.3 is 0 Å². The van der Waals surface area contributed by atoms with Crippen LogP contribution in [-0.4, -0.2) is 33.0 Å². The Balaban J connectivity index is 1.79. The van der Waals surface area contributed by atoms with Crippen LogP contribution in [0.1, 0.15) is 30.0 Å². The fourth-order valence-corrected chi connectivity index (χ4v) is 4.37. The highest BCUT2D eigenvalue weighted by Gasteiger charge is 2.25. The molecule has 1 unspecified atom stereocenters. The molecule has 0 amide bonds. The van der Waals surface area contributed by atoms with Crippen LogP contribution in [0, 0.1) is 12.7 Å². The van der Waals surface area contributed by atoms with Crippen molar-refractivity contribution in [3.63, 3.8) is 0 Å². The summed E-state index contributed by atoms with van der Waals surface area (Å²) in [5.74, 6) is -0.404. The Kier molecular flexibility index (Phi) is 5.51. The van der Waals surface area contributed by atoms with Crippen LogP contribution in [0.3, 0.4) is 0 Å². The van der Waals surface area contributed by atoms with E-state index in [-0.39, 0.29) is 10.9 Å². The summed E-state index contributed by atoms with van der Waals surface area (Å²) in [7, 11) is -3.68. The van der Waals surface area contributed by atoms with Crippen LogP contribution < -0.4 is 4.72 Å². The number of likely N-dealkylation sites (tertiary alicyclic amines) is 1. The standard InChI is InChI=1S/C19H23FN2O2S/c1-15-13-17(9-10-18(15)20)25(23,24)21-14-19(22-11-5-6-12-22)16-7-3-2-4-8-16/h2-4,7-10,13,19,21H,5-6,11-12,14H2,1H3. The zero-order chi connectivity index (χ0) is 17.9. The number of sulfonamides is 1. The maximum atomic E-state index is 13.4. The minimum absolute atomic E-state index is 0.0000188. The van der Waals surface area contributed by atoms with Crippen molar-refractivity contribution in [2.45, 2.75) is 30.7 Å². The third-order valence-corrected chi connectivity index (χ3v) is 6.09. The molecule has 1 aliphatic heterocycles. The smallest absolute Gasteiger partial charge is 0.240 e. The summed E-state index contributed by atoms with van der Waals surface area (Å²) in [6, 6.07) is 13.8. The van der Waals surface area contributed by atoms with E-state index in [1.807, 2.05) is 30.3 Å². The topological polar surface area (TPSA) is 49.4 Å². The normalized spacial score (nSPS) is 16.9. The monoisotopic (exact) mass is 362 g/mol. The molecule has 1 atom stereocenters. The molecule has 0 bridgehead atoms. The summed E-state index contributed by atoms with van der Waals surface area (Å²) in [5.41, 5.74) is 1.42.